The number of aryl methyl sites for hydroxylation is 1. The maximum atomic E-state index is 5.32. The van der Waals surface area contributed by atoms with E-state index in [2.05, 4.69) is 23.1 Å². The molecule has 1 aromatic carbocycles. The zero-order valence-electron chi connectivity index (χ0n) is 10.6. The number of ether oxygens (including phenoxy) is 1. The number of hydrogen-bond donors (Lipinski definition) is 0. The predicted molar refractivity (Wildman–Crippen MR) is 69.6 cm³/mol. The Labute approximate surface area is 104 Å². The van der Waals surface area contributed by atoms with Crippen molar-refractivity contribution >= 4 is 0 Å². The fourth-order valence-electron chi connectivity index (χ4n) is 3.02. The highest BCUT2D eigenvalue weighted by Crippen LogP contribution is 2.29. The van der Waals surface area contributed by atoms with E-state index >= 15 is 0 Å². The van der Waals surface area contributed by atoms with E-state index in [9.17, 15) is 0 Å². The van der Waals surface area contributed by atoms with E-state index in [4.69, 9.17) is 4.74 Å². The zero-order chi connectivity index (χ0) is 11.7. The first-order valence-electron chi connectivity index (χ1n) is 6.73. The van der Waals surface area contributed by atoms with Crippen LogP contribution in [0.4, 0.5) is 0 Å². The number of nitrogens with zero attached hydrogens (tertiary/aromatic N) is 1. The molecule has 2 nitrogen and oxygen atoms in total. The van der Waals surface area contributed by atoms with Crippen molar-refractivity contribution in [1.82, 2.24) is 4.90 Å². The lowest BCUT2D eigenvalue weighted by atomic mass is 9.83. The van der Waals surface area contributed by atoms with Gasteiger partial charge in [0.1, 0.15) is 5.75 Å². The Balaban J connectivity index is 1.69. The van der Waals surface area contributed by atoms with E-state index in [1.165, 1.54) is 56.4 Å². The third-order valence-corrected chi connectivity index (χ3v) is 4.21. The molecule has 1 saturated heterocycles. The molecule has 1 aliphatic carbocycles. The lowest BCUT2D eigenvalue weighted by molar-refractivity contribution is 0.146. The van der Waals surface area contributed by atoms with Gasteiger partial charge >= 0.3 is 0 Å². The lowest BCUT2D eigenvalue weighted by Crippen LogP contribution is -2.41. The van der Waals surface area contributed by atoms with Gasteiger partial charge in [-0.2, -0.15) is 0 Å². The van der Waals surface area contributed by atoms with Gasteiger partial charge in [0.15, 0.2) is 0 Å². The molecule has 17 heavy (non-hydrogen) atoms. The van der Waals surface area contributed by atoms with Crippen LogP contribution in [-0.4, -0.2) is 31.6 Å². The Hall–Kier alpha value is -1.02. The summed E-state index contributed by atoms with van der Waals surface area (Å²) in [6.45, 7) is 3.94. The molecule has 92 valence electrons. The molecule has 1 aliphatic heterocycles. The largest absolute Gasteiger partial charge is 0.497 e. The summed E-state index contributed by atoms with van der Waals surface area (Å²) in [4.78, 5) is 2.59. The number of benzene rings is 1. The predicted octanol–water partition coefficient (Wildman–Crippen LogP) is 2.51. The molecule has 0 saturated carbocycles. The smallest absolute Gasteiger partial charge is 0.119 e. The van der Waals surface area contributed by atoms with Crippen LogP contribution in [0.2, 0.25) is 0 Å². The Morgan fingerprint density at radius 2 is 2.18 bits per heavy atom. The minimum atomic E-state index is 0.856. The molecule has 1 fully saturated rings. The van der Waals surface area contributed by atoms with E-state index in [1.54, 1.807) is 7.11 Å². The summed E-state index contributed by atoms with van der Waals surface area (Å²) in [6.07, 6.45) is 5.24. The molecule has 0 radical (unpaired) electrons. The molecule has 0 amide bonds. The van der Waals surface area contributed by atoms with Crippen molar-refractivity contribution in [3.05, 3.63) is 29.3 Å². The van der Waals surface area contributed by atoms with Crippen molar-refractivity contribution < 1.29 is 4.74 Å². The van der Waals surface area contributed by atoms with E-state index in [-0.39, 0.29) is 0 Å². The van der Waals surface area contributed by atoms with Crippen molar-refractivity contribution in [3.8, 4) is 5.75 Å². The van der Waals surface area contributed by atoms with Crippen LogP contribution in [0.3, 0.4) is 0 Å². The molecule has 2 aliphatic rings. The second kappa shape index (κ2) is 4.69. The van der Waals surface area contributed by atoms with Crippen LogP contribution in [0.25, 0.3) is 0 Å². The molecule has 1 unspecified atom stereocenters. The van der Waals surface area contributed by atoms with Crippen molar-refractivity contribution in [2.24, 2.45) is 5.92 Å². The molecular weight excluding hydrogens is 210 g/mol. The first-order valence-corrected chi connectivity index (χ1v) is 6.73. The van der Waals surface area contributed by atoms with Crippen molar-refractivity contribution in [2.45, 2.75) is 25.7 Å². The van der Waals surface area contributed by atoms with Crippen LogP contribution in [0, 0.1) is 5.92 Å². The number of fused-ring (bicyclic) bond motifs is 1. The summed E-state index contributed by atoms with van der Waals surface area (Å²) < 4.78 is 5.32. The maximum Gasteiger partial charge on any atom is 0.119 e. The second-order valence-electron chi connectivity index (χ2n) is 5.40. The molecule has 3 rings (SSSR count). The Bertz CT molecular complexity index is 398. The number of hydrogen-bond acceptors (Lipinski definition) is 2. The maximum absolute atomic E-state index is 5.32. The topological polar surface area (TPSA) is 12.5 Å². The average molecular weight is 231 g/mol. The van der Waals surface area contributed by atoms with Crippen LogP contribution in [0.1, 0.15) is 24.0 Å². The van der Waals surface area contributed by atoms with Crippen LogP contribution in [0.15, 0.2) is 18.2 Å². The summed E-state index contributed by atoms with van der Waals surface area (Å²) in [5.41, 5.74) is 3.05. The van der Waals surface area contributed by atoms with E-state index in [0.717, 1.165) is 11.7 Å². The van der Waals surface area contributed by atoms with Crippen LogP contribution in [-0.2, 0) is 12.8 Å². The van der Waals surface area contributed by atoms with Gasteiger partial charge in [-0.25, -0.2) is 0 Å². The summed E-state index contributed by atoms with van der Waals surface area (Å²) in [5.74, 6) is 1.86. The first kappa shape index (κ1) is 11.1. The third-order valence-electron chi connectivity index (χ3n) is 4.21. The molecule has 2 heteroatoms. The van der Waals surface area contributed by atoms with Gasteiger partial charge in [0.05, 0.1) is 7.11 Å². The first-order chi connectivity index (χ1) is 8.35. The van der Waals surface area contributed by atoms with Gasteiger partial charge in [0, 0.05) is 6.54 Å². The SMILES string of the molecule is COc1ccc2c(c1)CC(CN1CCC1)CC2. The molecule has 1 atom stereocenters. The van der Waals surface area contributed by atoms with Crippen molar-refractivity contribution in [3.63, 3.8) is 0 Å². The normalized spacial score (nSPS) is 23.9. The van der Waals surface area contributed by atoms with E-state index in [1.807, 2.05) is 0 Å². The molecular formula is C15H21NO. The highest BCUT2D eigenvalue weighted by Gasteiger charge is 2.23. The molecule has 0 spiro atoms. The highest BCUT2D eigenvalue weighted by molar-refractivity contribution is 5.37. The van der Waals surface area contributed by atoms with Gasteiger partial charge < -0.3 is 9.64 Å². The summed E-state index contributed by atoms with van der Waals surface area (Å²) in [7, 11) is 1.75. The van der Waals surface area contributed by atoms with Gasteiger partial charge in [-0.3, -0.25) is 0 Å². The average Bonchev–Trinajstić information content (AvgIpc) is 2.33. The lowest BCUT2D eigenvalue weighted by Gasteiger charge is -2.36. The van der Waals surface area contributed by atoms with Gasteiger partial charge in [-0.05, 0) is 68.0 Å². The fourth-order valence-corrected chi connectivity index (χ4v) is 3.02. The zero-order valence-corrected chi connectivity index (χ0v) is 10.6. The standard InChI is InChI=1S/C15H21NO/c1-17-15-6-5-13-4-3-12(9-14(13)10-15)11-16-7-2-8-16/h5-6,10,12H,2-4,7-9,11H2,1H3. The minimum absolute atomic E-state index is 0.856. The third kappa shape index (κ3) is 2.32. The van der Waals surface area contributed by atoms with Gasteiger partial charge in [-0.1, -0.05) is 6.07 Å². The Morgan fingerprint density at radius 1 is 1.29 bits per heavy atom. The van der Waals surface area contributed by atoms with Crippen LogP contribution >= 0.6 is 0 Å². The molecule has 0 N–H and O–H groups in total. The highest BCUT2D eigenvalue weighted by atomic mass is 16.5. The Kier molecular flexibility index (Phi) is 3.06. The van der Waals surface area contributed by atoms with Gasteiger partial charge in [-0.15, -0.1) is 0 Å². The molecule has 0 aromatic heterocycles. The number of likely N-dealkylation sites (tertiary alicyclic amines) is 1. The van der Waals surface area contributed by atoms with Gasteiger partial charge in [0.2, 0.25) is 0 Å². The minimum Gasteiger partial charge on any atom is -0.497 e. The van der Waals surface area contributed by atoms with Crippen LogP contribution < -0.4 is 4.74 Å². The summed E-state index contributed by atoms with van der Waals surface area (Å²) in [6, 6.07) is 6.57. The summed E-state index contributed by atoms with van der Waals surface area (Å²) in [5, 5.41) is 0. The van der Waals surface area contributed by atoms with Crippen molar-refractivity contribution in [2.75, 3.05) is 26.7 Å². The number of rotatable bonds is 3. The fraction of sp³-hybridized carbons (Fsp3) is 0.600. The molecule has 0 bridgehead atoms. The molecule has 1 aromatic rings. The molecule has 1 heterocycles. The monoisotopic (exact) mass is 231 g/mol. The summed E-state index contributed by atoms with van der Waals surface area (Å²) >= 11 is 0. The van der Waals surface area contributed by atoms with Crippen LogP contribution in [0.5, 0.6) is 5.75 Å². The van der Waals surface area contributed by atoms with Gasteiger partial charge in [0.25, 0.3) is 0 Å². The second-order valence-corrected chi connectivity index (χ2v) is 5.40. The Morgan fingerprint density at radius 3 is 2.88 bits per heavy atom. The quantitative estimate of drug-likeness (QED) is 0.792. The van der Waals surface area contributed by atoms with E-state index < -0.39 is 0 Å². The van der Waals surface area contributed by atoms with E-state index in [0.29, 0.717) is 0 Å². The van der Waals surface area contributed by atoms with Crippen molar-refractivity contribution in [1.29, 1.82) is 0 Å². The number of methoxy groups -OCH3 is 1.